The lowest BCUT2D eigenvalue weighted by atomic mass is 9.97. The Morgan fingerprint density at radius 2 is 1.51 bits per heavy atom. The van der Waals surface area contributed by atoms with Crippen LogP contribution in [0.1, 0.15) is 58.5 Å². The van der Waals surface area contributed by atoms with Crippen LogP contribution >= 0.6 is 23.4 Å². The van der Waals surface area contributed by atoms with Crippen LogP contribution in [0.5, 0.6) is 0 Å². The fourth-order valence-corrected chi connectivity index (χ4v) is 6.03. The van der Waals surface area contributed by atoms with Gasteiger partial charge in [-0.3, -0.25) is 9.59 Å². The van der Waals surface area contributed by atoms with Gasteiger partial charge in [0.2, 0.25) is 5.78 Å². The highest BCUT2D eigenvalue weighted by Crippen LogP contribution is 2.32. The molecule has 43 heavy (non-hydrogen) atoms. The normalized spacial score (nSPS) is 11.7. The summed E-state index contributed by atoms with van der Waals surface area (Å²) in [6.07, 6.45) is 0.448. The van der Waals surface area contributed by atoms with Gasteiger partial charge in [-0.15, -0.1) is 11.8 Å². The summed E-state index contributed by atoms with van der Waals surface area (Å²) in [4.78, 5) is 45.1. The minimum Gasteiger partial charge on any atom is -0.341 e. The van der Waals surface area contributed by atoms with E-state index in [1.165, 1.54) is 0 Å². The number of Topliss-reactive ketones (excluding diaryl/α,β-unsaturated/α-hetero) is 1. The molecule has 0 saturated heterocycles. The number of nitrogens with zero attached hydrogens (tertiary/aromatic N) is 2. The monoisotopic (exact) mass is 610 g/mol. The quantitative estimate of drug-likeness (QED) is 0.0491. The molecule has 0 aliphatic carbocycles. The Bertz CT molecular complexity index is 1870. The molecule has 0 spiro atoms. The summed E-state index contributed by atoms with van der Waals surface area (Å²) in [6, 6.07) is 26.3. The number of aromatic nitrogens is 1. The summed E-state index contributed by atoms with van der Waals surface area (Å²) in [6.45, 7) is 6.39. The number of thioether (sulfide) groups is 1. The van der Waals surface area contributed by atoms with E-state index in [9.17, 15) is 14.4 Å². The third-order valence-corrected chi connectivity index (χ3v) is 8.59. The van der Waals surface area contributed by atoms with Crippen molar-refractivity contribution < 1.29 is 19.2 Å². The minimum atomic E-state index is -0.511. The lowest BCUT2D eigenvalue weighted by molar-refractivity contribution is -0.143. The van der Waals surface area contributed by atoms with Crippen molar-refractivity contribution in [1.82, 2.24) is 4.57 Å². The highest BCUT2D eigenvalue weighted by Gasteiger charge is 2.20. The average molecular weight is 611 g/mol. The van der Waals surface area contributed by atoms with Crippen LogP contribution in [0.25, 0.3) is 21.8 Å². The molecule has 0 unspecified atom stereocenters. The fourth-order valence-electron chi connectivity index (χ4n) is 5.04. The van der Waals surface area contributed by atoms with E-state index < -0.39 is 5.97 Å². The molecule has 0 fully saturated rings. The third-order valence-electron chi connectivity index (χ3n) is 7.32. The molecule has 0 atom stereocenters. The number of hydrogen-bond donors (Lipinski definition) is 0. The van der Waals surface area contributed by atoms with E-state index in [1.807, 2.05) is 85.8 Å². The van der Waals surface area contributed by atoms with E-state index in [4.69, 9.17) is 16.4 Å². The van der Waals surface area contributed by atoms with Gasteiger partial charge in [-0.05, 0) is 80.1 Å². The number of fused-ring (bicyclic) bond motifs is 3. The van der Waals surface area contributed by atoms with Crippen molar-refractivity contribution in [3.63, 3.8) is 0 Å². The molecule has 0 bridgehead atoms. The third kappa shape index (κ3) is 6.58. The predicted molar refractivity (Wildman–Crippen MR) is 175 cm³/mol. The maximum Gasteiger partial charge on any atom is 0.334 e. The first-order valence-electron chi connectivity index (χ1n) is 14.2. The van der Waals surface area contributed by atoms with Crippen LogP contribution in [0.15, 0.2) is 95.0 Å². The number of carbonyl (C=O) groups is 3. The van der Waals surface area contributed by atoms with Gasteiger partial charge in [-0.1, -0.05) is 47.9 Å². The molecule has 4 aromatic carbocycles. The SMILES string of the molecule is CCC(=O)O/N=C(\CCSc1ccc(Cl)cc1)C(=O)c1ccc2c(c1)c1cc(C(=O)c3ccccc3C)ccc1n2CC. The second-order valence-corrected chi connectivity index (χ2v) is 11.7. The highest BCUT2D eigenvalue weighted by molar-refractivity contribution is 7.99. The minimum absolute atomic E-state index is 0.0463. The second kappa shape index (κ2) is 13.4. The fraction of sp³-hybridized carbons (Fsp3) is 0.200. The molecule has 0 amide bonds. The van der Waals surface area contributed by atoms with Gasteiger partial charge in [-0.25, -0.2) is 4.79 Å². The molecule has 0 aliphatic heterocycles. The van der Waals surface area contributed by atoms with Gasteiger partial charge in [0, 0.05) is 73.6 Å². The number of rotatable bonds is 11. The van der Waals surface area contributed by atoms with Crippen LogP contribution < -0.4 is 0 Å². The summed E-state index contributed by atoms with van der Waals surface area (Å²) in [5.41, 5.74) is 4.70. The smallest absolute Gasteiger partial charge is 0.334 e. The summed E-state index contributed by atoms with van der Waals surface area (Å²) < 4.78 is 2.17. The van der Waals surface area contributed by atoms with Crippen molar-refractivity contribution in [3.8, 4) is 0 Å². The maximum atomic E-state index is 13.8. The molecule has 0 aliphatic rings. The first kappa shape index (κ1) is 30.3. The van der Waals surface area contributed by atoms with Crippen LogP contribution in [0.4, 0.5) is 0 Å². The molecule has 1 aromatic heterocycles. The topological polar surface area (TPSA) is 77.7 Å². The predicted octanol–water partition coefficient (Wildman–Crippen LogP) is 8.68. The largest absolute Gasteiger partial charge is 0.341 e. The number of ketones is 2. The molecular formula is C35H31ClN2O4S. The number of hydrogen-bond acceptors (Lipinski definition) is 6. The van der Waals surface area contributed by atoms with Crippen molar-refractivity contribution in [3.05, 3.63) is 112 Å². The van der Waals surface area contributed by atoms with Crippen LogP contribution in [0.2, 0.25) is 5.02 Å². The second-order valence-electron chi connectivity index (χ2n) is 10.1. The lowest BCUT2D eigenvalue weighted by Gasteiger charge is -2.07. The zero-order chi connectivity index (χ0) is 30.5. The van der Waals surface area contributed by atoms with Gasteiger partial charge >= 0.3 is 5.97 Å². The summed E-state index contributed by atoms with van der Waals surface area (Å²) in [5.74, 6) is -0.317. The molecule has 5 rings (SSSR count). The zero-order valence-corrected chi connectivity index (χ0v) is 25.8. The van der Waals surface area contributed by atoms with Gasteiger partial charge in [0.25, 0.3) is 0 Å². The van der Waals surface area contributed by atoms with Gasteiger partial charge in [0.15, 0.2) is 5.78 Å². The molecular weight excluding hydrogens is 580 g/mol. The standard InChI is InChI=1S/C35H31ClN2O4S/c1-4-33(39)42-37-30(18-19-43-26-14-12-25(36)13-15-26)35(41)24-11-17-32-29(21-24)28-20-23(10-16-31(28)38(32)5-2)34(40)27-9-7-6-8-22(27)3/h6-17,20-21H,4-5,18-19H2,1-3H3/b37-30+. The Morgan fingerprint density at radius 3 is 2.16 bits per heavy atom. The van der Waals surface area contributed by atoms with Crippen molar-refractivity contribution in [1.29, 1.82) is 0 Å². The molecule has 0 N–H and O–H groups in total. The lowest BCUT2D eigenvalue weighted by Crippen LogP contribution is -2.17. The van der Waals surface area contributed by atoms with Crippen molar-refractivity contribution in [2.75, 3.05) is 5.75 Å². The van der Waals surface area contributed by atoms with E-state index in [2.05, 4.69) is 16.6 Å². The number of oxime groups is 1. The van der Waals surface area contributed by atoms with E-state index >= 15 is 0 Å². The van der Waals surface area contributed by atoms with Crippen LogP contribution in [-0.2, 0) is 16.2 Å². The van der Waals surface area contributed by atoms with Crippen molar-refractivity contribution in [2.45, 2.75) is 45.1 Å². The Morgan fingerprint density at radius 1 is 0.860 bits per heavy atom. The first-order chi connectivity index (χ1) is 20.8. The maximum absolute atomic E-state index is 13.8. The van der Waals surface area contributed by atoms with Gasteiger partial charge < -0.3 is 9.40 Å². The van der Waals surface area contributed by atoms with Gasteiger partial charge in [0.1, 0.15) is 5.71 Å². The molecule has 1 heterocycles. The number of carbonyl (C=O) groups excluding carboxylic acids is 3. The van der Waals surface area contributed by atoms with Crippen LogP contribution in [-0.4, -0.2) is 33.6 Å². The highest BCUT2D eigenvalue weighted by atomic mass is 35.5. The Hall–Kier alpha value is -4.20. The van der Waals surface area contributed by atoms with Gasteiger partial charge in [-0.2, -0.15) is 0 Å². The summed E-state index contributed by atoms with van der Waals surface area (Å²) >= 11 is 7.55. The Kier molecular flexibility index (Phi) is 9.43. The van der Waals surface area contributed by atoms with E-state index in [-0.39, 0.29) is 23.7 Å². The van der Waals surface area contributed by atoms with E-state index in [1.54, 1.807) is 24.8 Å². The van der Waals surface area contributed by atoms with Crippen molar-refractivity contribution in [2.24, 2.45) is 5.16 Å². The number of benzene rings is 4. The Balaban J connectivity index is 1.50. The van der Waals surface area contributed by atoms with Crippen LogP contribution in [0, 0.1) is 6.92 Å². The number of halogens is 1. The molecule has 8 heteroatoms. The molecule has 5 aromatic rings. The Labute approximate surface area is 259 Å². The molecule has 218 valence electrons. The molecule has 0 radical (unpaired) electrons. The van der Waals surface area contributed by atoms with E-state index in [0.717, 1.165) is 38.8 Å². The van der Waals surface area contributed by atoms with E-state index in [0.29, 0.717) is 33.9 Å². The molecule has 0 saturated carbocycles. The molecule has 6 nitrogen and oxygen atoms in total. The average Bonchev–Trinajstić information content (AvgIpc) is 3.35. The summed E-state index contributed by atoms with van der Waals surface area (Å²) in [5, 5.41) is 6.40. The summed E-state index contributed by atoms with van der Waals surface area (Å²) in [7, 11) is 0. The first-order valence-corrected chi connectivity index (χ1v) is 15.5. The number of aryl methyl sites for hydroxylation is 2. The van der Waals surface area contributed by atoms with Crippen molar-refractivity contribution >= 4 is 68.4 Å². The zero-order valence-electron chi connectivity index (χ0n) is 24.2. The van der Waals surface area contributed by atoms with Crippen LogP contribution in [0.3, 0.4) is 0 Å². The van der Waals surface area contributed by atoms with Gasteiger partial charge in [0.05, 0.1) is 0 Å².